The zero-order valence-corrected chi connectivity index (χ0v) is 15.5. The molecule has 0 radical (unpaired) electrons. The predicted octanol–water partition coefficient (Wildman–Crippen LogP) is 6.04. The molecular weight excluding hydrogens is 256 g/mol. The lowest BCUT2D eigenvalue weighted by Gasteiger charge is -2.25. The molecule has 1 fully saturated rings. The molecule has 1 rings (SSSR count). The van der Waals surface area contributed by atoms with Gasteiger partial charge in [-0.15, -0.1) is 6.58 Å². The van der Waals surface area contributed by atoms with Crippen LogP contribution in [-0.4, -0.2) is 43.2 Å². The van der Waals surface area contributed by atoms with Gasteiger partial charge >= 0.3 is 0 Å². The van der Waals surface area contributed by atoms with Gasteiger partial charge in [0.25, 0.3) is 0 Å². The van der Waals surface area contributed by atoms with Gasteiger partial charge in [0, 0.05) is 0 Å². The zero-order valence-electron chi connectivity index (χ0n) is 15.5. The maximum atomic E-state index is 3.48. The Kier molecular flexibility index (Phi) is 38.2. The molecule has 2 heteroatoms. The number of hydrogen-bond donors (Lipinski definition) is 0. The Hall–Kier alpha value is -0.340. The maximum Gasteiger partial charge on any atom is 0.0503 e. The molecule has 1 heterocycles. The summed E-state index contributed by atoms with van der Waals surface area (Å²) in [6.07, 6.45) is 8.63. The van der Waals surface area contributed by atoms with Gasteiger partial charge in [0.05, 0.1) is 6.67 Å². The summed E-state index contributed by atoms with van der Waals surface area (Å²) in [5.74, 6) is 0. The standard InChI is InChI=1S/C10H22N2.C4H8.2C2H6.CH4/c1-3-11(2)10-12-8-6-4-5-7-9-12;1-3-4-2;2*1-2;/h3-10H2,1-2H3;3H,1,4H2,2H3;2*1-2H3;1H4. The van der Waals surface area contributed by atoms with E-state index in [9.17, 15) is 0 Å². The molecule has 0 amide bonds. The van der Waals surface area contributed by atoms with E-state index in [2.05, 4.69) is 37.3 Å². The normalized spacial score (nSPS) is 13.9. The smallest absolute Gasteiger partial charge is 0.0503 e. The molecule has 0 aromatic heterocycles. The molecule has 0 aromatic carbocycles. The first-order valence-corrected chi connectivity index (χ1v) is 8.76. The maximum absolute atomic E-state index is 3.48. The summed E-state index contributed by atoms with van der Waals surface area (Å²) in [6, 6.07) is 0. The minimum atomic E-state index is 0. The fourth-order valence-corrected chi connectivity index (χ4v) is 1.72. The average molecular weight is 303 g/mol. The van der Waals surface area contributed by atoms with Gasteiger partial charge in [0.2, 0.25) is 0 Å². The second-order valence-electron chi connectivity index (χ2n) is 4.54. The minimum Gasteiger partial charge on any atom is -0.294 e. The fraction of sp³-hybridized carbons (Fsp3) is 0.895. The van der Waals surface area contributed by atoms with Crippen LogP contribution in [0.4, 0.5) is 0 Å². The summed E-state index contributed by atoms with van der Waals surface area (Å²) >= 11 is 0. The number of nitrogens with zero attached hydrogens (tertiary/aromatic N) is 2. The molecule has 0 N–H and O–H groups in total. The molecule has 2 nitrogen and oxygen atoms in total. The summed E-state index contributed by atoms with van der Waals surface area (Å²) in [7, 11) is 2.20. The third kappa shape index (κ3) is 25.0. The van der Waals surface area contributed by atoms with Crippen molar-refractivity contribution in [2.45, 2.75) is 81.1 Å². The van der Waals surface area contributed by atoms with Crippen molar-refractivity contribution in [3.05, 3.63) is 12.7 Å². The third-order valence-corrected chi connectivity index (χ3v) is 2.97. The van der Waals surface area contributed by atoms with Crippen LogP contribution in [0.15, 0.2) is 12.7 Å². The van der Waals surface area contributed by atoms with Crippen molar-refractivity contribution in [2.24, 2.45) is 0 Å². The Bertz CT molecular complexity index is 150. The molecule has 0 aliphatic carbocycles. The first kappa shape index (κ1) is 28.8. The lowest BCUT2D eigenvalue weighted by atomic mass is 10.2. The molecule has 0 saturated carbocycles. The van der Waals surface area contributed by atoms with Gasteiger partial charge in [-0.3, -0.25) is 9.80 Å². The van der Waals surface area contributed by atoms with Crippen molar-refractivity contribution >= 4 is 0 Å². The number of likely N-dealkylation sites (tertiary alicyclic amines) is 1. The lowest BCUT2D eigenvalue weighted by Crippen LogP contribution is -2.36. The van der Waals surface area contributed by atoms with Crippen LogP contribution in [0, 0.1) is 0 Å². The molecular formula is C19H46N2. The van der Waals surface area contributed by atoms with Crippen molar-refractivity contribution < 1.29 is 0 Å². The first-order valence-electron chi connectivity index (χ1n) is 8.76. The van der Waals surface area contributed by atoms with E-state index >= 15 is 0 Å². The highest BCUT2D eigenvalue weighted by molar-refractivity contribution is 4.62. The summed E-state index contributed by atoms with van der Waals surface area (Å²) in [4.78, 5) is 4.96. The van der Waals surface area contributed by atoms with Crippen LogP contribution in [0.1, 0.15) is 81.1 Å². The second-order valence-corrected chi connectivity index (χ2v) is 4.54. The topological polar surface area (TPSA) is 6.48 Å². The monoisotopic (exact) mass is 302 g/mol. The van der Waals surface area contributed by atoms with Crippen molar-refractivity contribution in [1.29, 1.82) is 0 Å². The largest absolute Gasteiger partial charge is 0.294 e. The SMILES string of the molecule is C.C=CCC.CC.CC.CCN(C)CN1CCCCCC1. The third-order valence-electron chi connectivity index (χ3n) is 2.97. The lowest BCUT2D eigenvalue weighted by molar-refractivity contribution is 0.164. The van der Waals surface area contributed by atoms with E-state index in [4.69, 9.17) is 0 Å². The summed E-state index contributed by atoms with van der Waals surface area (Å²) in [5, 5.41) is 0. The van der Waals surface area contributed by atoms with Gasteiger partial charge in [0.15, 0.2) is 0 Å². The molecule has 0 spiro atoms. The minimum absolute atomic E-state index is 0. The van der Waals surface area contributed by atoms with Crippen molar-refractivity contribution in [3.8, 4) is 0 Å². The fourth-order valence-electron chi connectivity index (χ4n) is 1.72. The number of allylic oxidation sites excluding steroid dienone is 1. The molecule has 1 aliphatic heterocycles. The Morgan fingerprint density at radius 2 is 1.33 bits per heavy atom. The van der Waals surface area contributed by atoms with Crippen LogP contribution in [0.5, 0.6) is 0 Å². The Morgan fingerprint density at radius 1 is 0.952 bits per heavy atom. The highest BCUT2D eigenvalue weighted by Crippen LogP contribution is 2.09. The van der Waals surface area contributed by atoms with Crippen LogP contribution < -0.4 is 0 Å². The number of rotatable bonds is 4. The van der Waals surface area contributed by atoms with Crippen LogP contribution in [-0.2, 0) is 0 Å². The van der Waals surface area contributed by atoms with E-state index in [0.717, 1.165) is 19.6 Å². The number of hydrogen-bond acceptors (Lipinski definition) is 2. The molecule has 0 unspecified atom stereocenters. The van der Waals surface area contributed by atoms with Gasteiger partial charge in [-0.05, 0) is 45.9 Å². The molecule has 1 aliphatic rings. The Morgan fingerprint density at radius 3 is 1.62 bits per heavy atom. The van der Waals surface area contributed by atoms with E-state index in [1.54, 1.807) is 0 Å². The van der Waals surface area contributed by atoms with E-state index in [1.165, 1.54) is 38.8 Å². The van der Waals surface area contributed by atoms with Crippen LogP contribution in [0.3, 0.4) is 0 Å². The summed E-state index contributed by atoms with van der Waals surface area (Å²) in [6.45, 7) is 20.7. The quantitative estimate of drug-likeness (QED) is 0.584. The summed E-state index contributed by atoms with van der Waals surface area (Å²) < 4.78 is 0. The molecule has 0 aromatic rings. The second kappa shape index (κ2) is 27.9. The zero-order chi connectivity index (χ0) is 16.2. The Labute approximate surface area is 137 Å². The van der Waals surface area contributed by atoms with Crippen LogP contribution in [0.25, 0.3) is 0 Å². The predicted molar refractivity (Wildman–Crippen MR) is 103 cm³/mol. The van der Waals surface area contributed by atoms with E-state index in [-0.39, 0.29) is 7.43 Å². The van der Waals surface area contributed by atoms with Crippen LogP contribution >= 0.6 is 0 Å². The molecule has 1 saturated heterocycles. The first-order chi connectivity index (χ1) is 9.74. The summed E-state index contributed by atoms with van der Waals surface area (Å²) in [5.41, 5.74) is 0. The van der Waals surface area contributed by atoms with Gasteiger partial charge in [-0.2, -0.15) is 0 Å². The highest BCUT2D eigenvalue weighted by atomic mass is 15.3. The van der Waals surface area contributed by atoms with Gasteiger partial charge in [-0.25, -0.2) is 0 Å². The molecule has 0 bridgehead atoms. The van der Waals surface area contributed by atoms with E-state index in [1.807, 2.05) is 33.8 Å². The van der Waals surface area contributed by atoms with E-state index < -0.39 is 0 Å². The van der Waals surface area contributed by atoms with Crippen molar-refractivity contribution in [1.82, 2.24) is 9.80 Å². The molecule has 21 heavy (non-hydrogen) atoms. The molecule has 132 valence electrons. The Balaban J connectivity index is -0.000000137. The van der Waals surface area contributed by atoms with Gasteiger partial charge in [0.1, 0.15) is 0 Å². The van der Waals surface area contributed by atoms with Gasteiger partial charge < -0.3 is 0 Å². The van der Waals surface area contributed by atoms with Crippen LogP contribution in [0.2, 0.25) is 0 Å². The van der Waals surface area contributed by atoms with Crippen molar-refractivity contribution in [2.75, 3.05) is 33.4 Å². The average Bonchev–Trinajstić information content (AvgIpc) is 2.80. The van der Waals surface area contributed by atoms with E-state index in [0.29, 0.717) is 0 Å². The van der Waals surface area contributed by atoms with Gasteiger partial charge in [-0.1, -0.05) is 67.9 Å². The highest BCUT2D eigenvalue weighted by Gasteiger charge is 2.09. The molecule has 0 atom stereocenters. The van der Waals surface area contributed by atoms with Crippen molar-refractivity contribution in [3.63, 3.8) is 0 Å².